The molecule has 6 nitrogen and oxygen atoms in total. The molecule has 0 saturated carbocycles. The Balaban J connectivity index is 1.52. The maximum absolute atomic E-state index is 12.8. The van der Waals surface area contributed by atoms with E-state index in [1.807, 2.05) is 73.7 Å². The lowest BCUT2D eigenvalue weighted by Gasteiger charge is -2.23. The van der Waals surface area contributed by atoms with Crippen LogP contribution in [-0.2, 0) is 0 Å². The van der Waals surface area contributed by atoms with E-state index in [1.54, 1.807) is 0 Å². The molecule has 0 saturated heterocycles. The quantitative estimate of drug-likeness (QED) is 0.680. The Bertz CT molecular complexity index is 1190. The zero-order valence-corrected chi connectivity index (χ0v) is 17.2. The summed E-state index contributed by atoms with van der Waals surface area (Å²) in [6.07, 6.45) is -0.588. The summed E-state index contributed by atoms with van der Waals surface area (Å²) in [6, 6.07) is 25.7. The van der Waals surface area contributed by atoms with Gasteiger partial charge in [-0.2, -0.15) is 0 Å². The number of urea groups is 1. The topological polar surface area (TPSA) is 69.1 Å². The summed E-state index contributed by atoms with van der Waals surface area (Å²) in [5, 5.41) is 5.94. The Kier molecular flexibility index (Phi) is 4.96. The summed E-state index contributed by atoms with van der Waals surface area (Å²) < 4.78 is 0. The standard InChI is InChI=1S/C25H23N5O/c1-17-8-7-11-19(16-17)27-25(31)29-23-24-26-14-15-30(24)21-13-6-5-12-20(21)22(28-23)18-9-3-2-4-10-18/h2-13,16,23H,14-15H2,1H3,(H2,27,29,31)/t23-/m0/s1. The number of para-hydroxylation sites is 1. The number of carbonyl (C=O) groups is 1. The fraction of sp³-hybridized carbons (Fsp3) is 0.160. The van der Waals surface area contributed by atoms with Crippen LogP contribution in [0.25, 0.3) is 0 Å². The van der Waals surface area contributed by atoms with E-state index in [0.717, 1.165) is 46.2 Å². The Morgan fingerprint density at radius 3 is 2.65 bits per heavy atom. The number of amidine groups is 1. The van der Waals surface area contributed by atoms with Crippen LogP contribution >= 0.6 is 0 Å². The first-order chi connectivity index (χ1) is 15.2. The molecule has 3 aromatic rings. The van der Waals surface area contributed by atoms with Crippen LogP contribution < -0.4 is 15.5 Å². The number of nitrogens with one attached hydrogen (secondary N) is 2. The van der Waals surface area contributed by atoms with Crippen LogP contribution in [0.15, 0.2) is 88.8 Å². The number of hydrogen-bond donors (Lipinski definition) is 2. The predicted molar refractivity (Wildman–Crippen MR) is 125 cm³/mol. The highest BCUT2D eigenvalue weighted by Crippen LogP contribution is 2.30. The van der Waals surface area contributed by atoms with Crippen LogP contribution in [0.5, 0.6) is 0 Å². The van der Waals surface area contributed by atoms with Gasteiger partial charge in [-0.3, -0.25) is 9.98 Å². The maximum atomic E-state index is 12.8. The van der Waals surface area contributed by atoms with Crippen LogP contribution in [0.1, 0.15) is 16.7 Å². The zero-order chi connectivity index (χ0) is 21.2. The van der Waals surface area contributed by atoms with Crippen LogP contribution in [0.4, 0.5) is 16.2 Å². The molecule has 2 heterocycles. The van der Waals surface area contributed by atoms with Gasteiger partial charge in [-0.15, -0.1) is 0 Å². The Morgan fingerprint density at radius 1 is 1.00 bits per heavy atom. The highest BCUT2D eigenvalue weighted by atomic mass is 16.2. The molecule has 0 aliphatic carbocycles. The average molecular weight is 409 g/mol. The van der Waals surface area contributed by atoms with E-state index >= 15 is 0 Å². The van der Waals surface area contributed by atoms with Gasteiger partial charge >= 0.3 is 6.03 Å². The number of rotatable bonds is 3. The van der Waals surface area contributed by atoms with Crippen LogP contribution in [0.3, 0.4) is 0 Å². The number of amides is 2. The predicted octanol–water partition coefficient (Wildman–Crippen LogP) is 4.21. The van der Waals surface area contributed by atoms with Crippen molar-refractivity contribution in [1.82, 2.24) is 5.32 Å². The molecule has 2 aliphatic rings. The molecule has 2 amide bonds. The normalized spacial score (nSPS) is 17.1. The smallest absolute Gasteiger partial charge is 0.321 e. The molecule has 0 unspecified atom stereocenters. The number of anilines is 2. The van der Waals surface area contributed by atoms with Gasteiger partial charge in [-0.05, 0) is 30.7 Å². The fourth-order valence-corrected chi connectivity index (χ4v) is 4.05. The third-order valence-electron chi connectivity index (χ3n) is 5.42. The Morgan fingerprint density at radius 2 is 1.81 bits per heavy atom. The SMILES string of the molecule is Cc1cccc(NC(=O)N[C@@H]2N=C(c3ccccc3)c3ccccc3N3CCN=C23)c1. The number of aliphatic imine (C=N–C) groups is 2. The molecule has 5 rings (SSSR count). The van der Waals surface area contributed by atoms with E-state index in [0.29, 0.717) is 6.54 Å². The summed E-state index contributed by atoms with van der Waals surface area (Å²) in [5.41, 5.74) is 5.76. The van der Waals surface area contributed by atoms with E-state index in [-0.39, 0.29) is 6.03 Å². The molecule has 31 heavy (non-hydrogen) atoms. The average Bonchev–Trinajstić information content (AvgIpc) is 3.23. The van der Waals surface area contributed by atoms with Crippen molar-refractivity contribution in [2.75, 3.05) is 23.3 Å². The Labute approximate surface area is 181 Å². The Hall–Kier alpha value is -3.93. The van der Waals surface area contributed by atoms with Gasteiger partial charge in [-0.25, -0.2) is 4.79 Å². The molecule has 0 aromatic heterocycles. The van der Waals surface area contributed by atoms with Crippen molar-refractivity contribution in [3.63, 3.8) is 0 Å². The van der Waals surface area contributed by atoms with Crippen molar-refractivity contribution in [1.29, 1.82) is 0 Å². The number of aryl methyl sites for hydroxylation is 1. The fourth-order valence-electron chi connectivity index (χ4n) is 4.05. The highest BCUT2D eigenvalue weighted by Gasteiger charge is 2.33. The number of nitrogens with zero attached hydrogens (tertiary/aromatic N) is 3. The molecule has 2 N–H and O–H groups in total. The third kappa shape index (κ3) is 3.80. The van der Waals surface area contributed by atoms with E-state index in [1.165, 1.54) is 0 Å². The summed E-state index contributed by atoms with van der Waals surface area (Å²) in [7, 11) is 0. The van der Waals surface area contributed by atoms with Crippen molar-refractivity contribution in [3.8, 4) is 0 Å². The second kappa shape index (κ2) is 8.07. The lowest BCUT2D eigenvalue weighted by molar-refractivity contribution is 0.251. The molecule has 154 valence electrons. The first-order valence-corrected chi connectivity index (χ1v) is 10.4. The molecule has 1 atom stereocenters. The summed E-state index contributed by atoms with van der Waals surface area (Å²) in [4.78, 5) is 24.7. The van der Waals surface area contributed by atoms with Crippen molar-refractivity contribution in [2.45, 2.75) is 13.1 Å². The van der Waals surface area contributed by atoms with E-state index < -0.39 is 6.17 Å². The molecule has 6 heteroatoms. The van der Waals surface area contributed by atoms with Gasteiger partial charge in [0.15, 0.2) is 6.17 Å². The van der Waals surface area contributed by atoms with E-state index in [9.17, 15) is 4.79 Å². The van der Waals surface area contributed by atoms with Crippen LogP contribution in [0, 0.1) is 6.92 Å². The number of hydrogen-bond acceptors (Lipinski definition) is 4. The largest absolute Gasteiger partial charge is 0.324 e. The molecule has 0 spiro atoms. The summed E-state index contributed by atoms with van der Waals surface area (Å²) in [6.45, 7) is 3.44. The van der Waals surface area contributed by atoms with Crippen molar-refractivity contribution in [3.05, 3.63) is 95.6 Å². The van der Waals surface area contributed by atoms with Gasteiger partial charge in [0.1, 0.15) is 5.84 Å². The van der Waals surface area contributed by atoms with Gasteiger partial charge in [0.05, 0.1) is 17.9 Å². The first-order valence-electron chi connectivity index (χ1n) is 10.4. The van der Waals surface area contributed by atoms with Crippen LogP contribution in [0.2, 0.25) is 0 Å². The van der Waals surface area contributed by atoms with Gasteiger partial charge in [0.2, 0.25) is 0 Å². The zero-order valence-electron chi connectivity index (χ0n) is 17.2. The minimum atomic E-state index is -0.588. The van der Waals surface area contributed by atoms with Gasteiger partial charge in [-0.1, -0.05) is 60.7 Å². The maximum Gasteiger partial charge on any atom is 0.321 e. The van der Waals surface area contributed by atoms with Crippen molar-refractivity contribution >= 4 is 29.0 Å². The summed E-state index contributed by atoms with van der Waals surface area (Å²) in [5.74, 6) is 0.762. The van der Waals surface area contributed by atoms with E-state index in [4.69, 9.17) is 9.98 Å². The first kappa shape index (κ1) is 19.1. The summed E-state index contributed by atoms with van der Waals surface area (Å²) >= 11 is 0. The molecule has 0 radical (unpaired) electrons. The lowest BCUT2D eigenvalue weighted by Crippen LogP contribution is -2.47. The van der Waals surface area contributed by atoms with Crippen molar-refractivity contribution < 1.29 is 4.79 Å². The third-order valence-corrected chi connectivity index (χ3v) is 5.42. The molecular formula is C25H23N5O. The number of fused-ring (bicyclic) bond motifs is 3. The minimum absolute atomic E-state index is 0.313. The highest BCUT2D eigenvalue weighted by molar-refractivity contribution is 6.21. The minimum Gasteiger partial charge on any atom is -0.324 e. The van der Waals surface area contributed by atoms with Gasteiger partial charge < -0.3 is 15.5 Å². The molecule has 0 bridgehead atoms. The van der Waals surface area contributed by atoms with Crippen molar-refractivity contribution in [2.24, 2.45) is 9.98 Å². The second-order valence-corrected chi connectivity index (χ2v) is 7.62. The van der Waals surface area contributed by atoms with Gasteiger partial charge in [0.25, 0.3) is 0 Å². The lowest BCUT2D eigenvalue weighted by atomic mass is 10.0. The van der Waals surface area contributed by atoms with Gasteiger partial charge in [0, 0.05) is 23.4 Å². The molecule has 2 aliphatic heterocycles. The van der Waals surface area contributed by atoms with E-state index in [2.05, 4.69) is 27.7 Å². The second-order valence-electron chi connectivity index (χ2n) is 7.62. The number of carbonyl (C=O) groups excluding carboxylic acids is 1. The molecule has 0 fully saturated rings. The van der Waals surface area contributed by atoms with Crippen LogP contribution in [-0.4, -0.2) is 36.8 Å². The molecular weight excluding hydrogens is 386 g/mol. The monoisotopic (exact) mass is 409 g/mol. The number of benzene rings is 3. The molecule has 3 aromatic carbocycles.